The van der Waals surface area contributed by atoms with Crippen LogP contribution in [0.1, 0.15) is 28.8 Å². The van der Waals surface area contributed by atoms with Gasteiger partial charge in [0.2, 0.25) is 0 Å². The smallest absolute Gasteiger partial charge is 0.339 e. The van der Waals surface area contributed by atoms with Gasteiger partial charge < -0.3 is 4.90 Å². The van der Waals surface area contributed by atoms with Crippen LogP contribution in [0.25, 0.3) is 11.1 Å². The Morgan fingerprint density at radius 3 is 2.00 bits per heavy atom. The number of hydrogen-bond acceptors (Lipinski definition) is 1. The topological polar surface area (TPSA) is 20.3 Å². The van der Waals surface area contributed by atoms with E-state index < -0.39 is 12.1 Å². The minimum atomic E-state index is -4.19. The van der Waals surface area contributed by atoms with Gasteiger partial charge in [0.1, 0.15) is 0 Å². The molecular formula is C20H18Cl2F3NO. The second kappa shape index (κ2) is 7.72. The molecule has 0 radical (unpaired) electrons. The number of likely N-dealkylation sites (tertiary alicyclic amines) is 1. The molecular weight excluding hydrogens is 398 g/mol. The molecule has 0 bridgehead atoms. The van der Waals surface area contributed by atoms with Crippen LogP contribution in [0.4, 0.5) is 13.2 Å². The lowest BCUT2D eigenvalue weighted by atomic mass is 9.95. The highest BCUT2D eigenvalue weighted by Gasteiger charge is 2.41. The first kappa shape index (κ1) is 20.0. The normalized spacial score (nSPS) is 15.9. The van der Waals surface area contributed by atoms with Crippen molar-refractivity contribution >= 4 is 29.1 Å². The van der Waals surface area contributed by atoms with E-state index in [4.69, 9.17) is 23.2 Å². The molecule has 0 atom stereocenters. The number of piperidine rings is 1. The first-order valence-electron chi connectivity index (χ1n) is 8.59. The van der Waals surface area contributed by atoms with E-state index in [-0.39, 0.29) is 31.8 Å². The minimum absolute atomic E-state index is 0.0479. The van der Waals surface area contributed by atoms with Gasteiger partial charge in [-0.1, -0.05) is 35.3 Å². The van der Waals surface area contributed by atoms with E-state index in [0.29, 0.717) is 15.6 Å². The predicted octanol–water partition coefficient (Wildman–Crippen LogP) is 6.38. The summed E-state index contributed by atoms with van der Waals surface area (Å²) in [6, 6.07) is 10.5. The zero-order chi connectivity index (χ0) is 19.8. The van der Waals surface area contributed by atoms with Gasteiger partial charge in [0.15, 0.2) is 0 Å². The third kappa shape index (κ3) is 4.41. The van der Waals surface area contributed by atoms with Crippen molar-refractivity contribution in [3.63, 3.8) is 0 Å². The molecule has 27 heavy (non-hydrogen) atoms. The summed E-state index contributed by atoms with van der Waals surface area (Å²) in [5, 5.41) is 1.12. The van der Waals surface area contributed by atoms with Crippen LogP contribution in [0.5, 0.6) is 0 Å². The largest absolute Gasteiger partial charge is 0.391 e. The third-order valence-electron chi connectivity index (χ3n) is 4.99. The van der Waals surface area contributed by atoms with Crippen molar-refractivity contribution in [3.8, 4) is 11.1 Å². The Morgan fingerprint density at radius 1 is 1.00 bits per heavy atom. The van der Waals surface area contributed by atoms with E-state index in [9.17, 15) is 18.0 Å². The zero-order valence-corrected chi connectivity index (χ0v) is 16.1. The Kier molecular flexibility index (Phi) is 5.73. The Hall–Kier alpha value is -1.72. The van der Waals surface area contributed by atoms with Crippen molar-refractivity contribution in [2.75, 3.05) is 13.1 Å². The minimum Gasteiger partial charge on any atom is -0.339 e. The fourth-order valence-electron chi connectivity index (χ4n) is 3.21. The van der Waals surface area contributed by atoms with Crippen LogP contribution >= 0.6 is 23.2 Å². The molecule has 2 nitrogen and oxygen atoms in total. The summed E-state index contributed by atoms with van der Waals surface area (Å²) in [5.74, 6) is -1.57. The summed E-state index contributed by atoms with van der Waals surface area (Å²) in [6.45, 7) is 2.07. The number of amides is 1. The van der Waals surface area contributed by atoms with Crippen LogP contribution in [-0.4, -0.2) is 30.1 Å². The molecule has 1 amide bonds. The van der Waals surface area contributed by atoms with Crippen LogP contribution in [0.15, 0.2) is 36.4 Å². The average Bonchev–Trinajstić information content (AvgIpc) is 2.64. The molecule has 1 saturated heterocycles. The number of carbonyl (C=O) groups is 1. The maximum Gasteiger partial charge on any atom is 0.391 e. The van der Waals surface area contributed by atoms with Crippen LogP contribution in [0.3, 0.4) is 0 Å². The standard InChI is InChI=1S/C20H18Cl2F3NO/c1-12-17(21)10-15(11-18(12)22)13-2-4-14(5-3-13)19(27)26-8-6-16(7-9-26)20(23,24)25/h2-5,10-11,16H,6-9H2,1H3. The van der Waals surface area contributed by atoms with Gasteiger partial charge in [-0.25, -0.2) is 0 Å². The summed E-state index contributed by atoms with van der Waals surface area (Å²) in [4.78, 5) is 14.0. The molecule has 0 unspecified atom stereocenters. The van der Waals surface area contributed by atoms with Gasteiger partial charge in [0, 0.05) is 28.7 Å². The van der Waals surface area contributed by atoms with Gasteiger partial charge in [0.25, 0.3) is 5.91 Å². The van der Waals surface area contributed by atoms with Gasteiger partial charge in [-0.3, -0.25) is 4.79 Å². The second-order valence-corrected chi connectivity index (χ2v) is 7.56. The molecule has 0 spiro atoms. The zero-order valence-electron chi connectivity index (χ0n) is 14.6. The van der Waals surface area contributed by atoms with Crippen molar-refractivity contribution in [1.29, 1.82) is 0 Å². The highest BCUT2D eigenvalue weighted by molar-refractivity contribution is 6.36. The molecule has 2 aromatic carbocycles. The number of halogens is 5. The molecule has 3 rings (SSSR count). The fraction of sp³-hybridized carbons (Fsp3) is 0.350. The maximum absolute atomic E-state index is 12.8. The summed E-state index contributed by atoms with van der Waals surface area (Å²) < 4.78 is 38.3. The Balaban J connectivity index is 1.72. The highest BCUT2D eigenvalue weighted by Crippen LogP contribution is 2.35. The predicted molar refractivity (Wildman–Crippen MR) is 101 cm³/mol. The molecule has 0 aliphatic carbocycles. The molecule has 1 aliphatic rings. The molecule has 2 aromatic rings. The number of carbonyl (C=O) groups excluding carboxylic acids is 1. The van der Waals surface area contributed by atoms with Crippen LogP contribution in [0.2, 0.25) is 10.0 Å². The molecule has 7 heteroatoms. The number of hydrogen-bond donors (Lipinski definition) is 0. The van der Waals surface area contributed by atoms with Crippen molar-refractivity contribution in [3.05, 3.63) is 57.6 Å². The fourth-order valence-corrected chi connectivity index (χ4v) is 3.70. The van der Waals surface area contributed by atoms with Crippen molar-refractivity contribution in [1.82, 2.24) is 4.90 Å². The lowest BCUT2D eigenvalue weighted by Gasteiger charge is -2.33. The van der Waals surface area contributed by atoms with Gasteiger partial charge in [-0.2, -0.15) is 13.2 Å². The Morgan fingerprint density at radius 2 is 1.52 bits per heavy atom. The van der Waals surface area contributed by atoms with Crippen LogP contribution < -0.4 is 0 Å². The Labute approximate surface area is 165 Å². The van der Waals surface area contributed by atoms with E-state index in [0.717, 1.165) is 16.7 Å². The molecule has 0 aromatic heterocycles. The molecule has 0 saturated carbocycles. The van der Waals surface area contributed by atoms with Crippen molar-refractivity contribution in [2.45, 2.75) is 25.9 Å². The summed E-state index contributed by atoms with van der Waals surface area (Å²) in [7, 11) is 0. The average molecular weight is 416 g/mol. The third-order valence-corrected chi connectivity index (χ3v) is 5.78. The van der Waals surface area contributed by atoms with E-state index in [1.165, 1.54) is 4.90 Å². The summed E-state index contributed by atoms with van der Waals surface area (Å²) >= 11 is 12.3. The van der Waals surface area contributed by atoms with E-state index in [1.807, 2.05) is 19.1 Å². The number of alkyl halides is 3. The first-order valence-corrected chi connectivity index (χ1v) is 9.34. The SMILES string of the molecule is Cc1c(Cl)cc(-c2ccc(C(=O)N3CCC(C(F)(F)F)CC3)cc2)cc1Cl. The Bertz CT molecular complexity index is 818. The molecule has 1 heterocycles. The second-order valence-electron chi connectivity index (χ2n) is 6.75. The van der Waals surface area contributed by atoms with Gasteiger partial charge >= 0.3 is 6.18 Å². The number of rotatable bonds is 2. The van der Waals surface area contributed by atoms with E-state index in [2.05, 4.69) is 0 Å². The van der Waals surface area contributed by atoms with Crippen LogP contribution in [0, 0.1) is 12.8 Å². The monoisotopic (exact) mass is 415 g/mol. The maximum atomic E-state index is 12.8. The summed E-state index contributed by atoms with van der Waals surface area (Å²) in [5.41, 5.74) is 2.94. The van der Waals surface area contributed by atoms with Gasteiger partial charge in [-0.05, 0) is 60.7 Å². The van der Waals surface area contributed by atoms with E-state index in [1.54, 1.807) is 24.3 Å². The quantitative estimate of drug-likeness (QED) is 0.556. The van der Waals surface area contributed by atoms with Gasteiger partial charge in [0.05, 0.1) is 5.92 Å². The van der Waals surface area contributed by atoms with Crippen molar-refractivity contribution < 1.29 is 18.0 Å². The highest BCUT2D eigenvalue weighted by atomic mass is 35.5. The molecule has 0 N–H and O–H groups in total. The molecule has 144 valence electrons. The van der Waals surface area contributed by atoms with Crippen molar-refractivity contribution in [2.24, 2.45) is 5.92 Å². The van der Waals surface area contributed by atoms with Gasteiger partial charge in [-0.15, -0.1) is 0 Å². The lowest BCUT2D eigenvalue weighted by Crippen LogP contribution is -2.42. The van der Waals surface area contributed by atoms with Crippen LogP contribution in [-0.2, 0) is 0 Å². The summed E-state index contributed by atoms with van der Waals surface area (Å²) in [6.07, 6.45) is -4.28. The lowest BCUT2D eigenvalue weighted by molar-refractivity contribution is -0.183. The number of nitrogens with zero attached hydrogens (tertiary/aromatic N) is 1. The number of benzene rings is 2. The molecule has 1 aliphatic heterocycles. The first-order chi connectivity index (χ1) is 12.7. The molecule has 1 fully saturated rings. The van der Waals surface area contributed by atoms with E-state index >= 15 is 0 Å².